The zero-order valence-electron chi connectivity index (χ0n) is 10.1. The van der Waals surface area contributed by atoms with E-state index in [-0.39, 0.29) is 12.6 Å². The Balaban J connectivity index is 2.06. The zero-order chi connectivity index (χ0) is 13.7. The first-order valence-corrected chi connectivity index (χ1v) is 6.10. The maximum Gasteiger partial charge on any atom is 0.338 e. The fraction of sp³-hybridized carbons (Fsp3) is 0.214. The van der Waals surface area contributed by atoms with E-state index in [1.54, 1.807) is 0 Å². The summed E-state index contributed by atoms with van der Waals surface area (Å²) in [4.78, 5) is 11.4. The SMILES string of the molecule is C#CCOC1=C(NCc2ccccc2)C(Cl)C(=O)O1. The number of carbonyl (C=O) groups is 1. The Hall–Kier alpha value is -2.12. The first kappa shape index (κ1) is 13.3. The van der Waals surface area contributed by atoms with Gasteiger partial charge in [0.25, 0.3) is 0 Å². The minimum atomic E-state index is -0.892. The molecule has 1 aromatic rings. The summed E-state index contributed by atoms with van der Waals surface area (Å²) in [6, 6.07) is 9.69. The Morgan fingerprint density at radius 3 is 2.84 bits per heavy atom. The standard InChI is InChI=1S/C14H12ClNO3/c1-2-8-18-14-12(11(15)13(17)19-14)16-9-10-6-4-3-5-7-10/h1,3-7,11,16H,8-9H2. The van der Waals surface area contributed by atoms with E-state index in [4.69, 9.17) is 27.5 Å². The second-order valence-corrected chi connectivity index (χ2v) is 4.25. The quantitative estimate of drug-likeness (QED) is 0.506. The molecule has 0 spiro atoms. The van der Waals surface area contributed by atoms with Crippen LogP contribution in [0.3, 0.4) is 0 Å². The van der Waals surface area contributed by atoms with Gasteiger partial charge in [0.15, 0.2) is 12.0 Å². The number of nitrogens with one attached hydrogen (secondary N) is 1. The second kappa shape index (κ2) is 6.17. The van der Waals surface area contributed by atoms with Gasteiger partial charge in [-0.1, -0.05) is 36.3 Å². The largest absolute Gasteiger partial charge is 0.451 e. The third kappa shape index (κ3) is 3.21. The molecule has 1 aliphatic heterocycles. The van der Waals surface area contributed by atoms with Gasteiger partial charge >= 0.3 is 11.9 Å². The van der Waals surface area contributed by atoms with Gasteiger partial charge in [-0.05, 0) is 5.56 Å². The summed E-state index contributed by atoms with van der Waals surface area (Å²) in [6.45, 7) is 0.529. The second-order valence-electron chi connectivity index (χ2n) is 3.82. The average Bonchev–Trinajstić information content (AvgIpc) is 2.71. The van der Waals surface area contributed by atoms with Gasteiger partial charge < -0.3 is 14.8 Å². The lowest BCUT2D eigenvalue weighted by Crippen LogP contribution is -2.22. The van der Waals surface area contributed by atoms with Crippen LogP contribution in [0.2, 0.25) is 0 Å². The third-order valence-electron chi connectivity index (χ3n) is 2.49. The molecule has 0 bridgehead atoms. The van der Waals surface area contributed by atoms with Gasteiger partial charge in [0.2, 0.25) is 0 Å². The lowest BCUT2D eigenvalue weighted by molar-refractivity contribution is -0.140. The van der Waals surface area contributed by atoms with Crippen molar-refractivity contribution in [2.45, 2.75) is 11.9 Å². The monoisotopic (exact) mass is 277 g/mol. The highest BCUT2D eigenvalue weighted by atomic mass is 35.5. The van der Waals surface area contributed by atoms with E-state index in [2.05, 4.69) is 11.2 Å². The molecule has 1 aliphatic rings. The number of esters is 1. The van der Waals surface area contributed by atoms with Crippen LogP contribution in [0.5, 0.6) is 0 Å². The van der Waals surface area contributed by atoms with Crippen molar-refractivity contribution in [3.05, 3.63) is 47.5 Å². The van der Waals surface area contributed by atoms with Crippen LogP contribution in [-0.4, -0.2) is 18.0 Å². The highest BCUT2D eigenvalue weighted by Gasteiger charge is 2.35. The molecule has 0 saturated carbocycles. The van der Waals surface area contributed by atoms with Crippen LogP contribution in [0.4, 0.5) is 0 Å². The van der Waals surface area contributed by atoms with E-state index in [0.717, 1.165) is 5.56 Å². The van der Waals surface area contributed by atoms with E-state index in [0.29, 0.717) is 12.2 Å². The maximum absolute atomic E-state index is 11.4. The van der Waals surface area contributed by atoms with Crippen molar-refractivity contribution in [3.63, 3.8) is 0 Å². The van der Waals surface area contributed by atoms with Crippen molar-refractivity contribution in [2.75, 3.05) is 6.61 Å². The third-order valence-corrected chi connectivity index (χ3v) is 2.88. The normalized spacial score (nSPS) is 17.9. The predicted molar refractivity (Wildman–Crippen MR) is 70.8 cm³/mol. The number of benzene rings is 1. The lowest BCUT2D eigenvalue weighted by atomic mass is 10.2. The van der Waals surface area contributed by atoms with E-state index in [1.807, 2.05) is 30.3 Å². The van der Waals surface area contributed by atoms with E-state index < -0.39 is 11.3 Å². The topological polar surface area (TPSA) is 47.6 Å². The van der Waals surface area contributed by atoms with Gasteiger partial charge in [0, 0.05) is 6.54 Å². The Morgan fingerprint density at radius 1 is 1.42 bits per heavy atom. The molecule has 0 aromatic heterocycles. The highest BCUT2D eigenvalue weighted by Crippen LogP contribution is 2.24. The maximum atomic E-state index is 11.4. The Morgan fingerprint density at radius 2 is 2.16 bits per heavy atom. The van der Waals surface area contributed by atoms with Gasteiger partial charge in [-0.25, -0.2) is 4.79 Å². The first-order chi connectivity index (χ1) is 9.22. The number of hydrogen-bond acceptors (Lipinski definition) is 4. The Labute approximate surface area is 116 Å². The molecule has 1 N–H and O–H groups in total. The van der Waals surface area contributed by atoms with Crippen LogP contribution >= 0.6 is 11.6 Å². The molecule has 0 aliphatic carbocycles. The molecule has 0 fully saturated rings. The molecule has 1 heterocycles. The van der Waals surface area contributed by atoms with Crippen molar-refractivity contribution in [2.24, 2.45) is 0 Å². The molecule has 1 unspecified atom stereocenters. The number of cyclic esters (lactones) is 1. The molecule has 0 saturated heterocycles. The molecule has 1 atom stereocenters. The van der Waals surface area contributed by atoms with Crippen LogP contribution in [-0.2, 0) is 20.8 Å². The van der Waals surface area contributed by atoms with E-state index >= 15 is 0 Å². The zero-order valence-corrected chi connectivity index (χ0v) is 10.8. The number of ether oxygens (including phenoxy) is 2. The first-order valence-electron chi connectivity index (χ1n) is 5.66. The summed E-state index contributed by atoms with van der Waals surface area (Å²) in [5.41, 5.74) is 1.46. The molecule has 0 radical (unpaired) electrons. The predicted octanol–water partition coefficient (Wildman–Crippen LogP) is 1.76. The summed E-state index contributed by atoms with van der Waals surface area (Å²) in [6.07, 6.45) is 5.09. The smallest absolute Gasteiger partial charge is 0.338 e. The van der Waals surface area contributed by atoms with Crippen molar-refractivity contribution in [1.82, 2.24) is 5.32 Å². The van der Waals surface area contributed by atoms with Crippen molar-refractivity contribution < 1.29 is 14.3 Å². The molecular formula is C14H12ClNO3. The molecule has 2 rings (SSSR count). The summed E-state index contributed by atoms with van der Waals surface area (Å²) >= 11 is 5.94. The number of hydrogen-bond donors (Lipinski definition) is 1. The molecule has 0 amide bonds. The number of terminal acetylenes is 1. The average molecular weight is 278 g/mol. The van der Waals surface area contributed by atoms with E-state index in [9.17, 15) is 4.79 Å². The number of halogens is 1. The van der Waals surface area contributed by atoms with Crippen LogP contribution in [0.15, 0.2) is 42.0 Å². The minimum absolute atomic E-state index is 0.0166. The van der Waals surface area contributed by atoms with Crippen LogP contribution in [0, 0.1) is 12.3 Å². The van der Waals surface area contributed by atoms with Gasteiger partial charge in [-0.2, -0.15) is 0 Å². The van der Waals surface area contributed by atoms with Gasteiger partial charge in [-0.3, -0.25) is 0 Å². The van der Waals surface area contributed by atoms with Gasteiger partial charge in [0.05, 0.1) is 0 Å². The van der Waals surface area contributed by atoms with Crippen molar-refractivity contribution in [3.8, 4) is 12.3 Å². The lowest BCUT2D eigenvalue weighted by Gasteiger charge is -2.09. The summed E-state index contributed by atoms with van der Waals surface area (Å²) in [7, 11) is 0. The van der Waals surface area contributed by atoms with Gasteiger partial charge in [0.1, 0.15) is 5.70 Å². The van der Waals surface area contributed by atoms with Gasteiger partial charge in [-0.15, -0.1) is 18.0 Å². The summed E-state index contributed by atoms with van der Waals surface area (Å²) in [5.74, 6) is 1.79. The Bertz CT molecular complexity index is 533. The fourth-order valence-electron chi connectivity index (χ4n) is 1.59. The Kier molecular flexibility index (Phi) is 4.32. The fourth-order valence-corrected chi connectivity index (χ4v) is 1.80. The molecule has 5 heteroatoms. The molecule has 1 aromatic carbocycles. The summed E-state index contributed by atoms with van der Waals surface area (Å²) < 4.78 is 10.1. The molecule has 4 nitrogen and oxygen atoms in total. The van der Waals surface area contributed by atoms with Crippen LogP contribution < -0.4 is 5.32 Å². The van der Waals surface area contributed by atoms with Crippen LogP contribution in [0.25, 0.3) is 0 Å². The number of alkyl halides is 1. The van der Waals surface area contributed by atoms with Crippen molar-refractivity contribution in [1.29, 1.82) is 0 Å². The van der Waals surface area contributed by atoms with Crippen molar-refractivity contribution >= 4 is 17.6 Å². The molecule has 98 valence electrons. The molecular weight excluding hydrogens is 266 g/mol. The highest BCUT2D eigenvalue weighted by molar-refractivity contribution is 6.32. The van der Waals surface area contributed by atoms with E-state index in [1.165, 1.54) is 0 Å². The minimum Gasteiger partial charge on any atom is -0.451 e. The summed E-state index contributed by atoms with van der Waals surface area (Å²) in [5, 5.41) is 2.15. The number of carbonyl (C=O) groups excluding carboxylic acids is 1. The number of rotatable bonds is 5. The van der Waals surface area contributed by atoms with Crippen LogP contribution in [0.1, 0.15) is 5.56 Å². The molecule has 19 heavy (non-hydrogen) atoms.